The van der Waals surface area contributed by atoms with Crippen molar-refractivity contribution in [1.29, 1.82) is 0 Å². The first-order chi connectivity index (χ1) is 11.7. The lowest BCUT2D eigenvalue weighted by atomic mass is 10.3. The highest BCUT2D eigenvalue weighted by atomic mass is 16.5. The van der Waals surface area contributed by atoms with E-state index in [2.05, 4.69) is 15.6 Å². The van der Waals surface area contributed by atoms with Crippen molar-refractivity contribution >= 4 is 5.91 Å². The zero-order chi connectivity index (χ0) is 17.2. The number of likely N-dealkylation sites (N-methyl/N-ethyl adjacent to an activating group) is 1. The number of ether oxygens (including phenoxy) is 2. The molecule has 2 N–H and O–H groups in total. The molecule has 0 unspecified atom stereocenters. The highest BCUT2D eigenvalue weighted by Crippen LogP contribution is 2.22. The molecule has 1 aromatic carbocycles. The fraction of sp³-hybridized carbons (Fsp3) is 0.333. The minimum atomic E-state index is -0.145. The van der Waals surface area contributed by atoms with Gasteiger partial charge >= 0.3 is 0 Å². The summed E-state index contributed by atoms with van der Waals surface area (Å²) in [5, 5.41) is 6.05. The van der Waals surface area contributed by atoms with E-state index < -0.39 is 0 Å². The molecule has 0 bridgehead atoms. The molecular weight excluding hydrogens is 306 g/mol. The first-order valence-electron chi connectivity index (χ1n) is 7.99. The highest BCUT2D eigenvalue weighted by molar-refractivity contribution is 5.77. The van der Waals surface area contributed by atoms with E-state index in [9.17, 15) is 4.79 Å². The second kappa shape index (κ2) is 9.52. The predicted octanol–water partition coefficient (Wildman–Crippen LogP) is 2.37. The van der Waals surface area contributed by atoms with Crippen molar-refractivity contribution < 1.29 is 14.3 Å². The van der Waals surface area contributed by atoms with Gasteiger partial charge in [0.25, 0.3) is 5.91 Å². The molecule has 6 nitrogen and oxygen atoms in total. The van der Waals surface area contributed by atoms with Crippen LogP contribution < -0.4 is 20.1 Å². The number of nitrogens with zero attached hydrogens (tertiary/aromatic N) is 1. The average Bonchev–Trinajstić information content (AvgIpc) is 2.60. The molecule has 0 saturated carbocycles. The van der Waals surface area contributed by atoms with Crippen molar-refractivity contribution in [3.8, 4) is 17.4 Å². The largest absolute Gasteiger partial charge is 0.484 e. The summed E-state index contributed by atoms with van der Waals surface area (Å²) in [6, 6.07) is 12.8. The van der Waals surface area contributed by atoms with Gasteiger partial charge in [-0.25, -0.2) is 4.98 Å². The van der Waals surface area contributed by atoms with E-state index >= 15 is 0 Å². The number of nitrogens with one attached hydrogen (secondary N) is 2. The molecule has 0 saturated heterocycles. The first kappa shape index (κ1) is 17.7. The van der Waals surface area contributed by atoms with Crippen LogP contribution in [0.5, 0.6) is 17.4 Å². The van der Waals surface area contributed by atoms with Crippen LogP contribution in [0.15, 0.2) is 48.7 Å². The van der Waals surface area contributed by atoms with E-state index in [0.717, 1.165) is 6.54 Å². The number of pyridine rings is 1. The third-order valence-electron chi connectivity index (χ3n) is 3.21. The van der Waals surface area contributed by atoms with Gasteiger partial charge in [-0.05, 0) is 43.8 Å². The summed E-state index contributed by atoms with van der Waals surface area (Å²) < 4.78 is 11.1. The minimum Gasteiger partial charge on any atom is -0.484 e. The third kappa shape index (κ3) is 6.26. The van der Waals surface area contributed by atoms with Gasteiger partial charge < -0.3 is 20.1 Å². The van der Waals surface area contributed by atoms with E-state index in [1.807, 2.05) is 26.0 Å². The Morgan fingerprint density at radius 1 is 1.17 bits per heavy atom. The van der Waals surface area contributed by atoms with Crippen molar-refractivity contribution in [3.05, 3.63) is 48.7 Å². The summed E-state index contributed by atoms with van der Waals surface area (Å²) in [5.41, 5.74) is 0. The third-order valence-corrected chi connectivity index (χ3v) is 3.21. The Bertz CT molecular complexity index is 617. The Morgan fingerprint density at radius 2 is 1.92 bits per heavy atom. The number of hydrogen-bond acceptors (Lipinski definition) is 5. The molecular formula is C18H23N3O3. The topological polar surface area (TPSA) is 72.5 Å². The Labute approximate surface area is 142 Å². The van der Waals surface area contributed by atoms with Crippen LogP contribution in [0.2, 0.25) is 0 Å². The van der Waals surface area contributed by atoms with Gasteiger partial charge in [-0.2, -0.15) is 0 Å². The Hall–Kier alpha value is -2.60. The molecule has 1 amide bonds. The van der Waals surface area contributed by atoms with Crippen molar-refractivity contribution in [1.82, 2.24) is 15.6 Å². The number of rotatable bonds is 9. The van der Waals surface area contributed by atoms with Crippen LogP contribution in [0.3, 0.4) is 0 Å². The molecule has 0 spiro atoms. The van der Waals surface area contributed by atoms with Gasteiger partial charge in [-0.3, -0.25) is 4.79 Å². The fourth-order valence-corrected chi connectivity index (χ4v) is 2.02. The summed E-state index contributed by atoms with van der Waals surface area (Å²) in [5.74, 6) is 1.65. The molecule has 0 aliphatic carbocycles. The van der Waals surface area contributed by atoms with E-state index in [4.69, 9.17) is 9.47 Å². The van der Waals surface area contributed by atoms with Gasteiger partial charge in [0, 0.05) is 24.8 Å². The summed E-state index contributed by atoms with van der Waals surface area (Å²) in [7, 11) is 0. The van der Waals surface area contributed by atoms with E-state index in [1.54, 1.807) is 36.5 Å². The lowest BCUT2D eigenvalue weighted by molar-refractivity contribution is -0.123. The number of amides is 1. The van der Waals surface area contributed by atoms with Crippen LogP contribution in [0.1, 0.15) is 13.8 Å². The number of hydrogen-bond donors (Lipinski definition) is 2. The molecule has 24 heavy (non-hydrogen) atoms. The molecule has 1 aromatic heterocycles. The van der Waals surface area contributed by atoms with Gasteiger partial charge in [-0.15, -0.1) is 0 Å². The van der Waals surface area contributed by atoms with Crippen molar-refractivity contribution in [2.24, 2.45) is 0 Å². The SMILES string of the molecule is CCN[C@H](C)CNC(=O)COc1ccc(Oc2ccccn2)cc1. The normalized spacial score (nSPS) is 11.6. The number of carbonyl (C=O) groups excluding carboxylic acids is 1. The van der Waals surface area contributed by atoms with Crippen molar-refractivity contribution in [2.75, 3.05) is 19.7 Å². The van der Waals surface area contributed by atoms with Crippen LogP contribution in [-0.2, 0) is 4.79 Å². The molecule has 6 heteroatoms. The first-order valence-corrected chi connectivity index (χ1v) is 7.99. The number of carbonyl (C=O) groups is 1. The van der Waals surface area contributed by atoms with Crippen LogP contribution in [0, 0.1) is 0 Å². The molecule has 2 aromatic rings. The van der Waals surface area contributed by atoms with Crippen molar-refractivity contribution in [3.63, 3.8) is 0 Å². The summed E-state index contributed by atoms with van der Waals surface area (Å²) in [6.07, 6.45) is 1.67. The highest BCUT2D eigenvalue weighted by Gasteiger charge is 2.06. The van der Waals surface area contributed by atoms with E-state index in [0.29, 0.717) is 23.9 Å². The average molecular weight is 329 g/mol. The van der Waals surface area contributed by atoms with Crippen LogP contribution >= 0.6 is 0 Å². The molecule has 0 radical (unpaired) electrons. The monoisotopic (exact) mass is 329 g/mol. The molecule has 1 atom stereocenters. The lowest BCUT2D eigenvalue weighted by Gasteiger charge is -2.13. The predicted molar refractivity (Wildman–Crippen MR) is 92.4 cm³/mol. The molecule has 2 rings (SSSR count). The van der Waals surface area contributed by atoms with Gasteiger partial charge in [0.2, 0.25) is 5.88 Å². The van der Waals surface area contributed by atoms with Gasteiger partial charge in [0.05, 0.1) is 0 Å². The Kier molecular flexibility index (Phi) is 7.04. The zero-order valence-corrected chi connectivity index (χ0v) is 14.0. The van der Waals surface area contributed by atoms with Gasteiger partial charge in [0.1, 0.15) is 11.5 Å². The van der Waals surface area contributed by atoms with Gasteiger partial charge in [0.15, 0.2) is 6.61 Å². The maximum absolute atomic E-state index is 11.7. The maximum Gasteiger partial charge on any atom is 0.257 e. The zero-order valence-electron chi connectivity index (χ0n) is 14.0. The lowest BCUT2D eigenvalue weighted by Crippen LogP contribution is -2.40. The summed E-state index contributed by atoms with van der Waals surface area (Å²) in [4.78, 5) is 15.8. The minimum absolute atomic E-state index is 0.0146. The molecule has 0 aliphatic rings. The van der Waals surface area contributed by atoms with Gasteiger partial charge in [-0.1, -0.05) is 13.0 Å². The summed E-state index contributed by atoms with van der Waals surface area (Å²) >= 11 is 0. The van der Waals surface area contributed by atoms with E-state index in [-0.39, 0.29) is 18.6 Å². The fourth-order valence-electron chi connectivity index (χ4n) is 2.02. The summed E-state index contributed by atoms with van der Waals surface area (Å²) in [6.45, 7) is 5.49. The molecule has 128 valence electrons. The maximum atomic E-state index is 11.7. The van der Waals surface area contributed by atoms with Crippen LogP contribution in [0.4, 0.5) is 0 Å². The smallest absolute Gasteiger partial charge is 0.257 e. The quantitative estimate of drug-likeness (QED) is 0.739. The number of aromatic nitrogens is 1. The number of benzene rings is 1. The second-order valence-corrected chi connectivity index (χ2v) is 5.29. The van der Waals surface area contributed by atoms with Crippen molar-refractivity contribution in [2.45, 2.75) is 19.9 Å². The Morgan fingerprint density at radius 3 is 2.58 bits per heavy atom. The van der Waals surface area contributed by atoms with Crippen LogP contribution in [-0.4, -0.2) is 36.6 Å². The Balaban J connectivity index is 1.74. The molecule has 0 fully saturated rings. The molecule has 1 heterocycles. The standard InChI is InChI=1S/C18H23N3O3/c1-3-19-14(2)12-21-17(22)13-23-15-7-9-16(10-8-15)24-18-6-4-5-11-20-18/h4-11,14,19H,3,12-13H2,1-2H3,(H,21,22)/t14-/m1/s1. The van der Waals surface area contributed by atoms with Crippen LogP contribution in [0.25, 0.3) is 0 Å². The molecule has 0 aliphatic heterocycles. The van der Waals surface area contributed by atoms with E-state index in [1.165, 1.54) is 0 Å². The second-order valence-electron chi connectivity index (χ2n) is 5.29.